The molecule has 1 amide bonds. The highest BCUT2D eigenvalue weighted by molar-refractivity contribution is 7.93. The Morgan fingerprint density at radius 1 is 1.09 bits per heavy atom. The quantitative estimate of drug-likeness (QED) is 0.225. The lowest BCUT2D eigenvalue weighted by atomic mass is 9.81. The molecule has 1 N–H and O–H groups in total. The average molecular weight is 661 g/mol. The molecule has 1 aromatic heterocycles. The van der Waals surface area contributed by atoms with E-state index in [0.29, 0.717) is 36.1 Å². The number of hydrogen-bond donors (Lipinski definition) is 1. The SMILES string of the molecule is COc1ccc(CN(c2ncns2)S(=O)(=O)c2cc(F)cc(OCC3CN(C(=O)O)CC[C@@H]3c3ccccc3)c2F)c(OC)c1. The zero-order chi connectivity index (χ0) is 32.1. The van der Waals surface area contributed by atoms with E-state index >= 15 is 4.39 Å². The maximum Gasteiger partial charge on any atom is 0.407 e. The topological polar surface area (TPSA) is 131 Å². The van der Waals surface area contributed by atoms with Crippen molar-refractivity contribution in [2.75, 3.05) is 38.2 Å². The number of likely N-dealkylation sites (tertiary alicyclic amines) is 1. The Morgan fingerprint density at radius 2 is 1.87 bits per heavy atom. The number of sulfonamides is 1. The number of carboxylic acid groups (broad SMARTS) is 1. The second-order valence-electron chi connectivity index (χ2n) is 10.2. The first-order valence-electron chi connectivity index (χ1n) is 13.8. The zero-order valence-electron chi connectivity index (χ0n) is 24.3. The summed E-state index contributed by atoms with van der Waals surface area (Å²) in [6.07, 6.45) is 0.557. The van der Waals surface area contributed by atoms with Crippen LogP contribution in [0.4, 0.5) is 18.7 Å². The van der Waals surface area contributed by atoms with E-state index < -0.39 is 44.3 Å². The van der Waals surface area contributed by atoms with Crippen LogP contribution in [0.2, 0.25) is 0 Å². The molecule has 1 unspecified atom stereocenters. The molecule has 3 aromatic carbocycles. The summed E-state index contributed by atoms with van der Waals surface area (Å²) in [6, 6.07) is 15.5. The molecule has 2 heterocycles. The smallest absolute Gasteiger partial charge is 0.407 e. The van der Waals surface area contributed by atoms with E-state index in [-0.39, 0.29) is 30.7 Å². The van der Waals surface area contributed by atoms with Gasteiger partial charge >= 0.3 is 6.09 Å². The maximum absolute atomic E-state index is 16.0. The van der Waals surface area contributed by atoms with Crippen molar-refractivity contribution in [3.63, 3.8) is 0 Å². The van der Waals surface area contributed by atoms with E-state index in [2.05, 4.69) is 9.36 Å². The second kappa shape index (κ2) is 13.6. The summed E-state index contributed by atoms with van der Waals surface area (Å²) < 4.78 is 80.1. The first-order chi connectivity index (χ1) is 21.6. The van der Waals surface area contributed by atoms with Gasteiger partial charge in [-0.1, -0.05) is 30.3 Å². The summed E-state index contributed by atoms with van der Waals surface area (Å²) in [5.41, 5.74) is 1.36. The number of carbonyl (C=O) groups is 1. The summed E-state index contributed by atoms with van der Waals surface area (Å²) in [5.74, 6) is -2.72. The van der Waals surface area contributed by atoms with Crippen molar-refractivity contribution in [1.29, 1.82) is 0 Å². The number of benzene rings is 3. The molecule has 2 atom stereocenters. The highest BCUT2D eigenvalue weighted by Gasteiger charge is 2.35. The highest BCUT2D eigenvalue weighted by atomic mass is 32.2. The normalized spacial score (nSPS) is 16.7. The second-order valence-corrected chi connectivity index (χ2v) is 12.8. The van der Waals surface area contributed by atoms with Gasteiger partial charge in [0.15, 0.2) is 11.6 Å². The van der Waals surface area contributed by atoms with Crippen LogP contribution in [0.1, 0.15) is 23.5 Å². The molecule has 5 rings (SSSR count). The predicted molar refractivity (Wildman–Crippen MR) is 162 cm³/mol. The van der Waals surface area contributed by atoms with Crippen LogP contribution in [-0.2, 0) is 16.6 Å². The lowest BCUT2D eigenvalue weighted by molar-refractivity contribution is 0.0926. The predicted octanol–water partition coefficient (Wildman–Crippen LogP) is 5.39. The Kier molecular flexibility index (Phi) is 9.68. The molecule has 1 aliphatic rings. The van der Waals surface area contributed by atoms with Crippen molar-refractivity contribution >= 4 is 32.8 Å². The summed E-state index contributed by atoms with van der Waals surface area (Å²) in [4.78, 5) is 16.0. The minimum atomic E-state index is -4.78. The van der Waals surface area contributed by atoms with Gasteiger partial charge in [-0.25, -0.2) is 31.3 Å². The molecule has 45 heavy (non-hydrogen) atoms. The molecule has 15 heteroatoms. The minimum Gasteiger partial charge on any atom is -0.497 e. The summed E-state index contributed by atoms with van der Waals surface area (Å²) in [7, 11) is -1.91. The summed E-state index contributed by atoms with van der Waals surface area (Å²) in [5, 5.41) is 9.50. The van der Waals surface area contributed by atoms with Crippen LogP contribution in [0.15, 0.2) is 71.9 Å². The molecule has 238 valence electrons. The van der Waals surface area contributed by atoms with Crippen molar-refractivity contribution in [3.8, 4) is 17.2 Å². The third kappa shape index (κ3) is 6.93. The van der Waals surface area contributed by atoms with Gasteiger partial charge in [0.1, 0.15) is 28.5 Å². The van der Waals surface area contributed by atoms with Gasteiger partial charge in [0.2, 0.25) is 5.13 Å². The van der Waals surface area contributed by atoms with Gasteiger partial charge in [-0.05, 0) is 36.1 Å². The number of aromatic nitrogens is 2. The third-order valence-electron chi connectivity index (χ3n) is 7.59. The molecule has 0 aliphatic carbocycles. The standard InChI is InChI=1S/C30H30F2N4O7S2/c1-41-23-9-8-20(25(14-23)42-2)16-36(29-33-18-34-44-29)45(39,40)27-13-22(31)12-26(28(27)32)43-17-21-15-35(30(37)38)11-10-24(21)19-6-4-3-5-7-19/h3-9,12-14,18,21,24H,10-11,15-17H2,1-2H3,(H,37,38)/t21?,24-/m1/s1. The lowest BCUT2D eigenvalue weighted by Crippen LogP contribution is -2.44. The third-order valence-corrected chi connectivity index (χ3v) is 10.1. The number of nitrogens with zero attached hydrogens (tertiary/aromatic N) is 4. The van der Waals surface area contributed by atoms with E-state index in [9.17, 15) is 22.7 Å². The summed E-state index contributed by atoms with van der Waals surface area (Å²) in [6.45, 7) is -0.122. The Balaban J connectivity index is 1.47. The number of anilines is 1. The van der Waals surface area contributed by atoms with Crippen molar-refractivity contribution in [2.45, 2.75) is 23.8 Å². The maximum atomic E-state index is 16.0. The molecule has 1 fully saturated rings. The first kappa shape index (κ1) is 31.9. The van der Waals surface area contributed by atoms with Crippen LogP contribution in [0.3, 0.4) is 0 Å². The number of amides is 1. The fourth-order valence-electron chi connectivity index (χ4n) is 5.33. The number of rotatable bonds is 11. The molecule has 0 bridgehead atoms. The van der Waals surface area contributed by atoms with Gasteiger partial charge in [-0.15, -0.1) is 0 Å². The van der Waals surface area contributed by atoms with E-state index in [1.165, 1.54) is 19.1 Å². The molecule has 4 aromatic rings. The number of methoxy groups -OCH3 is 2. The lowest BCUT2D eigenvalue weighted by Gasteiger charge is -2.37. The van der Waals surface area contributed by atoms with Crippen LogP contribution in [-0.4, -0.2) is 67.8 Å². The van der Waals surface area contributed by atoms with Crippen molar-refractivity contribution < 1.29 is 41.3 Å². The van der Waals surface area contributed by atoms with Crippen LogP contribution in [0.5, 0.6) is 17.2 Å². The molecular formula is C30H30F2N4O7S2. The molecule has 1 aliphatic heterocycles. The van der Waals surface area contributed by atoms with Crippen molar-refractivity contribution in [1.82, 2.24) is 14.3 Å². The van der Waals surface area contributed by atoms with Crippen LogP contribution in [0, 0.1) is 17.6 Å². The van der Waals surface area contributed by atoms with Gasteiger partial charge < -0.3 is 24.2 Å². The summed E-state index contributed by atoms with van der Waals surface area (Å²) >= 11 is 0.757. The van der Waals surface area contributed by atoms with Gasteiger partial charge in [-0.2, -0.15) is 4.37 Å². The molecular weight excluding hydrogens is 630 g/mol. The number of ether oxygens (including phenoxy) is 3. The fourth-order valence-corrected chi connectivity index (χ4v) is 7.55. The Bertz CT molecular complexity index is 1740. The first-order valence-corrected chi connectivity index (χ1v) is 16.0. The Morgan fingerprint density at radius 3 is 2.53 bits per heavy atom. The number of halogens is 2. The molecule has 0 saturated carbocycles. The molecule has 11 nitrogen and oxygen atoms in total. The van der Waals surface area contributed by atoms with Crippen LogP contribution < -0.4 is 18.5 Å². The number of piperidine rings is 1. The van der Waals surface area contributed by atoms with Crippen LogP contribution >= 0.6 is 11.5 Å². The van der Waals surface area contributed by atoms with E-state index in [1.807, 2.05) is 30.3 Å². The monoisotopic (exact) mass is 660 g/mol. The van der Waals surface area contributed by atoms with E-state index in [0.717, 1.165) is 33.8 Å². The molecule has 1 saturated heterocycles. The van der Waals surface area contributed by atoms with Gasteiger partial charge in [0.25, 0.3) is 10.0 Å². The van der Waals surface area contributed by atoms with Gasteiger partial charge in [0, 0.05) is 48.2 Å². The average Bonchev–Trinajstić information content (AvgIpc) is 3.58. The largest absolute Gasteiger partial charge is 0.497 e. The zero-order valence-corrected chi connectivity index (χ0v) is 25.9. The number of hydrogen-bond acceptors (Lipinski definition) is 9. The molecule has 0 radical (unpaired) electrons. The van der Waals surface area contributed by atoms with Crippen molar-refractivity contribution in [2.24, 2.45) is 5.92 Å². The van der Waals surface area contributed by atoms with Gasteiger partial charge in [0.05, 0.1) is 27.4 Å². The van der Waals surface area contributed by atoms with Crippen LogP contribution in [0.25, 0.3) is 0 Å². The van der Waals surface area contributed by atoms with E-state index in [1.54, 1.807) is 18.2 Å². The fraction of sp³-hybridized carbons (Fsp3) is 0.300. The highest BCUT2D eigenvalue weighted by Crippen LogP contribution is 2.37. The van der Waals surface area contributed by atoms with Crippen molar-refractivity contribution in [3.05, 3.63) is 89.8 Å². The van der Waals surface area contributed by atoms with E-state index in [4.69, 9.17) is 14.2 Å². The molecule has 0 spiro atoms. The Labute approximate surface area is 262 Å². The van der Waals surface area contributed by atoms with Gasteiger partial charge in [-0.3, -0.25) is 0 Å². The Hall–Kier alpha value is -4.50. The minimum absolute atomic E-state index is 0.0827.